The number of carbonyl (C=O) groups is 1. The van der Waals surface area contributed by atoms with Gasteiger partial charge in [-0.2, -0.15) is 0 Å². The van der Waals surface area contributed by atoms with Gasteiger partial charge in [0.15, 0.2) is 5.78 Å². The van der Waals surface area contributed by atoms with Crippen molar-refractivity contribution in [3.05, 3.63) is 35.6 Å². The standard InChI is InChI=1S/C16H21FO2/c1-11-7-8-13(9-12(11)2)19-10-16(18)14-5-3-4-6-15(14)17/h3-6,11-13H,7-10H2,1-2H3. The Bertz CT molecular complexity index is 444. The lowest BCUT2D eigenvalue weighted by atomic mass is 9.80. The minimum absolute atomic E-state index is 0.0211. The van der Waals surface area contributed by atoms with Gasteiger partial charge in [-0.05, 0) is 43.2 Å². The monoisotopic (exact) mass is 264 g/mol. The van der Waals surface area contributed by atoms with Gasteiger partial charge in [0.1, 0.15) is 12.4 Å². The van der Waals surface area contributed by atoms with Gasteiger partial charge in [0, 0.05) is 0 Å². The van der Waals surface area contributed by atoms with Crippen LogP contribution in [0.2, 0.25) is 0 Å². The van der Waals surface area contributed by atoms with Crippen LogP contribution in [-0.2, 0) is 4.74 Å². The Labute approximate surface area is 114 Å². The predicted molar refractivity (Wildman–Crippen MR) is 72.6 cm³/mol. The van der Waals surface area contributed by atoms with Gasteiger partial charge in [0.2, 0.25) is 0 Å². The predicted octanol–water partition coefficient (Wildman–Crippen LogP) is 3.85. The summed E-state index contributed by atoms with van der Waals surface area (Å²) in [6.45, 7) is 4.46. The number of rotatable bonds is 4. The van der Waals surface area contributed by atoms with Crippen LogP contribution in [0.3, 0.4) is 0 Å². The molecule has 0 radical (unpaired) electrons. The summed E-state index contributed by atoms with van der Waals surface area (Å²) >= 11 is 0. The number of Topliss-reactive ketones (excluding diaryl/α,β-unsaturated/α-hetero) is 1. The van der Waals surface area contributed by atoms with Crippen molar-refractivity contribution in [1.82, 2.24) is 0 Å². The zero-order chi connectivity index (χ0) is 13.8. The minimum atomic E-state index is -0.471. The molecule has 0 aromatic heterocycles. The molecule has 19 heavy (non-hydrogen) atoms. The Hall–Kier alpha value is -1.22. The fourth-order valence-electron chi connectivity index (χ4n) is 2.61. The molecule has 3 heteroatoms. The lowest BCUT2D eigenvalue weighted by Gasteiger charge is -2.31. The van der Waals surface area contributed by atoms with Crippen molar-refractivity contribution in [3.8, 4) is 0 Å². The largest absolute Gasteiger partial charge is 0.370 e. The van der Waals surface area contributed by atoms with E-state index in [9.17, 15) is 9.18 Å². The molecule has 0 saturated heterocycles. The van der Waals surface area contributed by atoms with E-state index in [2.05, 4.69) is 13.8 Å². The first-order valence-electron chi connectivity index (χ1n) is 6.97. The lowest BCUT2D eigenvalue weighted by molar-refractivity contribution is 0.00694. The maximum absolute atomic E-state index is 13.4. The summed E-state index contributed by atoms with van der Waals surface area (Å²) in [6.07, 6.45) is 3.27. The molecule has 1 aromatic carbocycles. The van der Waals surface area contributed by atoms with Crippen molar-refractivity contribution in [2.75, 3.05) is 6.61 Å². The van der Waals surface area contributed by atoms with Gasteiger partial charge in [-0.1, -0.05) is 26.0 Å². The van der Waals surface area contributed by atoms with Crippen LogP contribution in [0.5, 0.6) is 0 Å². The summed E-state index contributed by atoms with van der Waals surface area (Å²) in [4.78, 5) is 11.9. The Balaban J connectivity index is 1.86. The van der Waals surface area contributed by atoms with Crippen LogP contribution in [-0.4, -0.2) is 18.5 Å². The van der Waals surface area contributed by atoms with Gasteiger partial charge in [-0.15, -0.1) is 0 Å². The second-order valence-electron chi connectivity index (χ2n) is 5.60. The molecule has 3 atom stereocenters. The number of ketones is 1. The molecule has 0 heterocycles. The molecule has 0 amide bonds. The third-order valence-corrected chi connectivity index (χ3v) is 4.17. The van der Waals surface area contributed by atoms with Gasteiger partial charge in [0.05, 0.1) is 11.7 Å². The number of carbonyl (C=O) groups excluding carboxylic acids is 1. The van der Waals surface area contributed by atoms with Crippen LogP contribution in [0.25, 0.3) is 0 Å². The van der Waals surface area contributed by atoms with E-state index in [1.807, 2.05) is 0 Å². The van der Waals surface area contributed by atoms with E-state index in [1.165, 1.54) is 12.1 Å². The summed E-state index contributed by atoms with van der Waals surface area (Å²) in [5, 5.41) is 0. The molecule has 1 fully saturated rings. The highest BCUT2D eigenvalue weighted by molar-refractivity contribution is 5.97. The number of hydrogen-bond acceptors (Lipinski definition) is 2. The molecule has 0 spiro atoms. The molecule has 2 rings (SSSR count). The average molecular weight is 264 g/mol. The fourth-order valence-corrected chi connectivity index (χ4v) is 2.61. The Morgan fingerprint density at radius 3 is 2.68 bits per heavy atom. The van der Waals surface area contributed by atoms with E-state index in [0.717, 1.165) is 25.2 Å². The highest BCUT2D eigenvalue weighted by atomic mass is 19.1. The number of halogens is 1. The Morgan fingerprint density at radius 2 is 2.00 bits per heavy atom. The zero-order valence-corrected chi connectivity index (χ0v) is 11.6. The maximum Gasteiger partial charge on any atom is 0.191 e. The first-order chi connectivity index (χ1) is 9.08. The van der Waals surface area contributed by atoms with Crippen molar-refractivity contribution < 1.29 is 13.9 Å². The lowest BCUT2D eigenvalue weighted by Crippen LogP contribution is -2.28. The highest BCUT2D eigenvalue weighted by Crippen LogP contribution is 2.30. The minimum Gasteiger partial charge on any atom is -0.370 e. The van der Waals surface area contributed by atoms with Crippen molar-refractivity contribution in [2.24, 2.45) is 11.8 Å². The quantitative estimate of drug-likeness (QED) is 0.772. The van der Waals surface area contributed by atoms with Gasteiger partial charge in [-0.3, -0.25) is 4.79 Å². The van der Waals surface area contributed by atoms with Crippen molar-refractivity contribution in [1.29, 1.82) is 0 Å². The van der Waals surface area contributed by atoms with E-state index < -0.39 is 5.82 Å². The molecule has 0 bridgehead atoms. The summed E-state index contributed by atoms with van der Waals surface area (Å²) in [5.74, 6) is 0.607. The van der Waals surface area contributed by atoms with E-state index in [0.29, 0.717) is 5.92 Å². The summed E-state index contributed by atoms with van der Waals surface area (Å²) in [7, 11) is 0. The van der Waals surface area contributed by atoms with Crippen LogP contribution >= 0.6 is 0 Å². The smallest absolute Gasteiger partial charge is 0.191 e. The zero-order valence-electron chi connectivity index (χ0n) is 11.6. The summed E-state index contributed by atoms with van der Waals surface area (Å²) in [6, 6.07) is 6.06. The number of ether oxygens (including phenoxy) is 1. The van der Waals surface area contributed by atoms with Crippen LogP contribution in [0.1, 0.15) is 43.5 Å². The topological polar surface area (TPSA) is 26.3 Å². The molecule has 1 aliphatic rings. The van der Waals surface area contributed by atoms with Gasteiger partial charge >= 0.3 is 0 Å². The molecule has 2 nitrogen and oxygen atoms in total. The van der Waals surface area contributed by atoms with E-state index in [4.69, 9.17) is 4.74 Å². The first kappa shape index (κ1) is 14.2. The van der Waals surface area contributed by atoms with Crippen molar-refractivity contribution in [3.63, 3.8) is 0 Å². The summed E-state index contributed by atoms with van der Waals surface area (Å²) in [5.41, 5.74) is 0.125. The maximum atomic E-state index is 13.4. The number of hydrogen-bond donors (Lipinski definition) is 0. The van der Waals surface area contributed by atoms with Gasteiger partial charge < -0.3 is 4.74 Å². The molecule has 0 N–H and O–H groups in total. The Kier molecular flexibility index (Phi) is 4.70. The van der Waals surface area contributed by atoms with Crippen molar-refractivity contribution in [2.45, 2.75) is 39.2 Å². The molecule has 1 saturated carbocycles. The molecule has 1 aromatic rings. The molecule has 104 valence electrons. The van der Waals surface area contributed by atoms with E-state index in [1.54, 1.807) is 12.1 Å². The molecule has 3 unspecified atom stereocenters. The number of benzene rings is 1. The van der Waals surface area contributed by atoms with Gasteiger partial charge in [-0.25, -0.2) is 4.39 Å². The average Bonchev–Trinajstić information content (AvgIpc) is 2.40. The second-order valence-corrected chi connectivity index (χ2v) is 5.60. The third-order valence-electron chi connectivity index (χ3n) is 4.17. The fraction of sp³-hybridized carbons (Fsp3) is 0.562. The van der Waals surface area contributed by atoms with E-state index >= 15 is 0 Å². The summed E-state index contributed by atoms with van der Waals surface area (Å²) < 4.78 is 19.1. The first-order valence-corrected chi connectivity index (χ1v) is 6.97. The SMILES string of the molecule is CC1CCC(OCC(=O)c2ccccc2F)CC1C. The third kappa shape index (κ3) is 3.63. The van der Waals surface area contributed by atoms with Gasteiger partial charge in [0.25, 0.3) is 0 Å². The van der Waals surface area contributed by atoms with E-state index in [-0.39, 0.29) is 24.1 Å². The van der Waals surface area contributed by atoms with Crippen molar-refractivity contribution >= 4 is 5.78 Å². The van der Waals surface area contributed by atoms with Crippen LogP contribution in [0.15, 0.2) is 24.3 Å². The van der Waals surface area contributed by atoms with Crippen LogP contribution in [0.4, 0.5) is 4.39 Å². The normalized spacial score (nSPS) is 27.2. The molecular weight excluding hydrogens is 243 g/mol. The Morgan fingerprint density at radius 1 is 1.26 bits per heavy atom. The molecular formula is C16H21FO2. The van der Waals surface area contributed by atoms with Crippen LogP contribution < -0.4 is 0 Å². The van der Waals surface area contributed by atoms with Crippen LogP contribution in [0, 0.1) is 17.7 Å². The highest BCUT2D eigenvalue weighted by Gasteiger charge is 2.25. The molecule has 0 aliphatic heterocycles. The second kappa shape index (κ2) is 6.29. The molecule has 1 aliphatic carbocycles.